The number of hydrogen-bond donors (Lipinski definition) is 3. The lowest BCUT2D eigenvalue weighted by Crippen LogP contribution is -2.49. The summed E-state index contributed by atoms with van der Waals surface area (Å²) in [5.74, 6) is 0.0304. The number of aromatic amines is 1. The Bertz CT molecular complexity index is 705. The quantitative estimate of drug-likeness (QED) is 0.731. The van der Waals surface area contributed by atoms with Crippen LogP contribution in [0.1, 0.15) is 39.7 Å². The van der Waals surface area contributed by atoms with Gasteiger partial charge in [0.1, 0.15) is 6.04 Å². The third kappa shape index (κ3) is 4.85. The molecular formula is C19H27N3O2. The van der Waals surface area contributed by atoms with Crippen LogP contribution >= 0.6 is 0 Å². The van der Waals surface area contributed by atoms with E-state index >= 15 is 0 Å². The molecular weight excluding hydrogens is 302 g/mol. The molecule has 2 atom stereocenters. The molecule has 24 heavy (non-hydrogen) atoms. The lowest BCUT2D eigenvalue weighted by atomic mass is 10.0. The zero-order chi connectivity index (χ0) is 17.7. The van der Waals surface area contributed by atoms with E-state index in [4.69, 9.17) is 0 Å². The highest BCUT2D eigenvalue weighted by Gasteiger charge is 2.22. The largest absolute Gasteiger partial charge is 0.361 e. The molecule has 0 radical (unpaired) electrons. The molecule has 5 heteroatoms. The first kappa shape index (κ1) is 18.0. The third-order valence-electron chi connectivity index (χ3n) is 3.99. The molecule has 1 aromatic heterocycles. The minimum Gasteiger partial charge on any atom is -0.361 e. The number of fused-ring (bicyclic) bond motifs is 1. The minimum atomic E-state index is -0.479. The van der Waals surface area contributed by atoms with Gasteiger partial charge < -0.3 is 15.6 Å². The van der Waals surface area contributed by atoms with E-state index in [9.17, 15) is 9.59 Å². The molecule has 1 heterocycles. The molecule has 5 nitrogen and oxygen atoms in total. The predicted octanol–water partition coefficient (Wildman–Crippen LogP) is 2.77. The summed E-state index contributed by atoms with van der Waals surface area (Å²) in [6.45, 7) is 7.50. The summed E-state index contributed by atoms with van der Waals surface area (Å²) in [5, 5.41) is 6.95. The van der Waals surface area contributed by atoms with Crippen molar-refractivity contribution in [2.45, 2.75) is 52.6 Å². The highest BCUT2D eigenvalue weighted by atomic mass is 16.2. The van der Waals surface area contributed by atoms with Gasteiger partial charge in [0, 0.05) is 30.1 Å². The van der Waals surface area contributed by atoms with Crippen molar-refractivity contribution in [2.75, 3.05) is 0 Å². The topological polar surface area (TPSA) is 74.0 Å². The standard InChI is InChI=1S/C19H27N3O2/c1-12(2)9-18(22-14(4)23)19(24)21-13(3)10-15-11-20-17-8-6-5-7-16(15)17/h5-8,11-13,18,20H,9-10H2,1-4H3,(H,21,24)(H,22,23). The first-order chi connectivity index (χ1) is 11.4. The highest BCUT2D eigenvalue weighted by Crippen LogP contribution is 2.19. The number of aromatic nitrogens is 1. The van der Waals surface area contributed by atoms with Gasteiger partial charge in [-0.15, -0.1) is 0 Å². The molecule has 0 saturated heterocycles. The van der Waals surface area contributed by atoms with E-state index in [-0.39, 0.29) is 17.9 Å². The SMILES string of the molecule is CC(=O)NC(CC(C)C)C(=O)NC(C)Cc1c[nH]c2ccccc12. The second-order valence-electron chi connectivity index (χ2n) is 6.86. The van der Waals surface area contributed by atoms with Crippen LogP contribution in [0.25, 0.3) is 10.9 Å². The molecule has 0 aliphatic heterocycles. The maximum absolute atomic E-state index is 12.5. The molecule has 130 valence electrons. The second-order valence-corrected chi connectivity index (χ2v) is 6.86. The summed E-state index contributed by atoms with van der Waals surface area (Å²) >= 11 is 0. The van der Waals surface area contributed by atoms with Crippen LogP contribution in [0.3, 0.4) is 0 Å². The molecule has 1 aromatic carbocycles. The van der Waals surface area contributed by atoms with Crippen molar-refractivity contribution in [1.29, 1.82) is 0 Å². The Labute approximate surface area is 143 Å². The van der Waals surface area contributed by atoms with Gasteiger partial charge >= 0.3 is 0 Å². The van der Waals surface area contributed by atoms with E-state index < -0.39 is 6.04 Å². The van der Waals surface area contributed by atoms with Crippen molar-refractivity contribution in [2.24, 2.45) is 5.92 Å². The highest BCUT2D eigenvalue weighted by molar-refractivity contribution is 5.87. The van der Waals surface area contributed by atoms with Crippen LogP contribution in [0.4, 0.5) is 0 Å². The van der Waals surface area contributed by atoms with Crippen LogP contribution in [0, 0.1) is 5.92 Å². The number of H-pyrrole nitrogens is 1. The Balaban J connectivity index is 2.00. The van der Waals surface area contributed by atoms with E-state index in [2.05, 4.69) is 21.7 Å². The van der Waals surface area contributed by atoms with Gasteiger partial charge in [-0.25, -0.2) is 0 Å². The van der Waals surface area contributed by atoms with E-state index in [1.807, 2.05) is 45.2 Å². The molecule has 2 unspecified atom stereocenters. The average Bonchev–Trinajstić information content (AvgIpc) is 2.89. The Kier molecular flexibility index (Phi) is 6.01. The number of carbonyl (C=O) groups is 2. The number of nitrogens with one attached hydrogen (secondary N) is 3. The number of amides is 2. The summed E-state index contributed by atoms with van der Waals surface area (Å²) in [7, 11) is 0. The normalized spacial score (nSPS) is 13.7. The van der Waals surface area contributed by atoms with Crippen LogP contribution in [-0.4, -0.2) is 28.9 Å². The van der Waals surface area contributed by atoms with Crippen molar-refractivity contribution < 1.29 is 9.59 Å². The van der Waals surface area contributed by atoms with Crippen LogP contribution < -0.4 is 10.6 Å². The Hall–Kier alpha value is -2.30. The van der Waals surface area contributed by atoms with Crippen molar-refractivity contribution in [3.05, 3.63) is 36.0 Å². The van der Waals surface area contributed by atoms with Gasteiger partial charge in [0.05, 0.1) is 0 Å². The van der Waals surface area contributed by atoms with Crippen molar-refractivity contribution in [3.63, 3.8) is 0 Å². The van der Waals surface area contributed by atoms with E-state index in [1.54, 1.807) is 0 Å². The van der Waals surface area contributed by atoms with Gasteiger partial charge in [-0.05, 0) is 37.3 Å². The molecule has 2 rings (SSSR count). The van der Waals surface area contributed by atoms with Gasteiger partial charge in [-0.3, -0.25) is 9.59 Å². The number of rotatable bonds is 7. The second kappa shape index (κ2) is 7.99. The van der Waals surface area contributed by atoms with Crippen molar-refractivity contribution in [1.82, 2.24) is 15.6 Å². The van der Waals surface area contributed by atoms with E-state index in [0.29, 0.717) is 12.3 Å². The molecule has 3 N–H and O–H groups in total. The Morgan fingerprint density at radius 1 is 1.12 bits per heavy atom. The summed E-state index contributed by atoms with van der Waals surface area (Å²) in [6, 6.07) is 7.63. The monoisotopic (exact) mass is 329 g/mol. The van der Waals surface area contributed by atoms with Crippen LogP contribution in [-0.2, 0) is 16.0 Å². The fraction of sp³-hybridized carbons (Fsp3) is 0.474. The number of carbonyl (C=O) groups excluding carboxylic acids is 2. The minimum absolute atomic E-state index is 0.0138. The zero-order valence-electron chi connectivity index (χ0n) is 14.8. The van der Waals surface area contributed by atoms with Gasteiger partial charge in [-0.1, -0.05) is 32.0 Å². The molecule has 0 bridgehead atoms. The van der Waals surface area contributed by atoms with Crippen LogP contribution in [0.5, 0.6) is 0 Å². The lowest BCUT2D eigenvalue weighted by molar-refractivity contribution is -0.128. The molecule has 0 spiro atoms. The zero-order valence-corrected chi connectivity index (χ0v) is 14.8. The summed E-state index contributed by atoms with van der Waals surface area (Å²) in [4.78, 5) is 27.1. The number of benzene rings is 1. The molecule has 2 amide bonds. The van der Waals surface area contributed by atoms with E-state index in [1.165, 1.54) is 17.9 Å². The number of hydrogen-bond acceptors (Lipinski definition) is 2. The summed E-state index contributed by atoms with van der Waals surface area (Å²) in [5.41, 5.74) is 2.28. The van der Waals surface area contributed by atoms with E-state index in [0.717, 1.165) is 11.9 Å². The maximum atomic E-state index is 12.5. The van der Waals surface area contributed by atoms with Crippen LogP contribution in [0.2, 0.25) is 0 Å². The lowest BCUT2D eigenvalue weighted by Gasteiger charge is -2.22. The molecule has 0 fully saturated rings. The molecule has 0 saturated carbocycles. The van der Waals surface area contributed by atoms with Gasteiger partial charge in [-0.2, -0.15) is 0 Å². The fourth-order valence-corrected chi connectivity index (χ4v) is 2.97. The Morgan fingerprint density at radius 3 is 2.50 bits per heavy atom. The van der Waals surface area contributed by atoms with Crippen molar-refractivity contribution in [3.8, 4) is 0 Å². The average molecular weight is 329 g/mol. The molecule has 0 aliphatic rings. The van der Waals surface area contributed by atoms with Crippen molar-refractivity contribution >= 4 is 22.7 Å². The van der Waals surface area contributed by atoms with Crippen LogP contribution in [0.15, 0.2) is 30.5 Å². The summed E-state index contributed by atoms with van der Waals surface area (Å²) < 4.78 is 0. The first-order valence-corrected chi connectivity index (χ1v) is 8.49. The maximum Gasteiger partial charge on any atom is 0.242 e. The Morgan fingerprint density at radius 2 is 1.83 bits per heavy atom. The predicted molar refractivity (Wildman–Crippen MR) is 96.7 cm³/mol. The summed E-state index contributed by atoms with van der Waals surface area (Å²) in [6.07, 6.45) is 3.36. The van der Waals surface area contributed by atoms with Gasteiger partial charge in [0.25, 0.3) is 0 Å². The molecule has 2 aromatic rings. The first-order valence-electron chi connectivity index (χ1n) is 8.49. The van der Waals surface area contributed by atoms with Gasteiger partial charge in [0.2, 0.25) is 11.8 Å². The number of para-hydroxylation sites is 1. The molecule has 0 aliphatic carbocycles. The fourth-order valence-electron chi connectivity index (χ4n) is 2.97. The van der Waals surface area contributed by atoms with Gasteiger partial charge in [0.15, 0.2) is 0 Å². The smallest absolute Gasteiger partial charge is 0.242 e. The third-order valence-corrected chi connectivity index (χ3v) is 3.99.